The number of carbonyl (C=O) groups is 1. The first-order valence-electron chi connectivity index (χ1n) is 6.27. The van der Waals surface area contributed by atoms with Gasteiger partial charge in [-0.15, -0.1) is 16.8 Å². The molecule has 0 bridgehead atoms. The van der Waals surface area contributed by atoms with Crippen molar-refractivity contribution in [2.75, 3.05) is 11.1 Å². The van der Waals surface area contributed by atoms with E-state index in [2.05, 4.69) is 22.1 Å². The van der Waals surface area contributed by atoms with Gasteiger partial charge in [0.05, 0.1) is 5.92 Å². The summed E-state index contributed by atoms with van der Waals surface area (Å²) in [6, 6.07) is 0. The maximum Gasteiger partial charge on any atom is 0.230 e. The number of anilines is 1. The van der Waals surface area contributed by atoms with Gasteiger partial charge >= 0.3 is 0 Å². The zero-order valence-electron chi connectivity index (χ0n) is 11.6. The van der Waals surface area contributed by atoms with Crippen molar-refractivity contribution in [3.05, 3.63) is 23.2 Å². The highest BCUT2D eigenvalue weighted by Crippen LogP contribution is 2.60. The smallest absolute Gasteiger partial charge is 0.230 e. The van der Waals surface area contributed by atoms with Crippen LogP contribution in [0.4, 0.5) is 5.13 Å². The Bertz CT molecular complexity index is 582. The van der Waals surface area contributed by atoms with E-state index in [0.717, 1.165) is 10.1 Å². The molecule has 1 heterocycles. The van der Waals surface area contributed by atoms with Crippen LogP contribution in [0, 0.1) is 17.3 Å². The number of rotatable bonds is 6. The third kappa shape index (κ3) is 4.00. The van der Waals surface area contributed by atoms with Crippen molar-refractivity contribution in [3.8, 4) is 0 Å². The van der Waals surface area contributed by atoms with Crippen LogP contribution in [0.3, 0.4) is 0 Å². The fourth-order valence-electron chi connectivity index (χ4n) is 2.26. The van der Waals surface area contributed by atoms with Gasteiger partial charge in [-0.3, -0.25) is 4.79 Å². The second kappa shape index (κ2) is 6.69. The molecule has 0 aliphatic heterocycles. The van der Waals surface area contributed by atoms with Gasteiger partial charge in [-0.2, -0.15) is 0 Å². The van der Waals surface area contributed by atoms with Gasteiger partial charge < -0.3 is 5.32 Å². The Morgan fingerprint density at radius 2 is 2.24 bits per heavy atom. The summed E-state index contributed by atoms with van der Waals surface area (Å²) < 4.78 is 1.00. The van der Waals surface area contributed by atoms with Gasteiger partial charge in [-0.1, -0.05) is 66.2 Å². The standard InChI is InChI=1S/C13H15Cl2N3OS2/c1-4-5-20-12-18-17-11(21-12)16-10(19)9-7(6-8(14)15)13(9,2)3/h4,6-7,9H,1,5H2,2-3H3,(H,16,17,19)/t7-,9+/m1/s1. The number of aromatic nitrogens is 2. The Morgan fingerprint density at radius 1 is 1.52 bits per heavy atom. The Labute approximate surface area is 142 Å². The van der Waals surface area contributed by atoms with Crippen molar-refractivity contribution in [2.24, 2.45) is 17.3 Å². The van der Waals surface area contributed by atoms with Crippen LogP contribution in [0.2, 0.25) is 0 Å². The highest BCUT2D eigenvalue weighted by atomic mass is 35.5. The molecule has 1 aromatic rings. The maximum absolute atomic E-state index is 12.3. The van der Waals surface area contributed by atoms with Crippen LogP contribution in [-0.4, -0.2) is 21.9 Å². The molecule has 1 fully saturated rings. The van der Waals surface area contributed by atoms with Crippen molar-refractivity contribution in [1.29, 1.82) is 0 Å². The highest BCUT2D eigenvalue weighted by Gasteiger charge is 2.60. The number of thioether (sulfide) groups is 1. The predicted octanol–water partition coefficient (Wildman–Crippen LogP) is 4.35. The lowest BCUT2D eigenvalue weighted by Gasteiger charge is -2.01. The molecule has 0 saturated heterocycles. The molecule has 1 aliphatic carbocycles. The molecular formula is C13H15Cl2N3OS2. The summed E-state index contributed by atoms with van der Waals surface area (Å²) in [6.45, 7) is 7.68. The number of amides is 1. The molecule has 1 aliphatic rings. The molecule has 2 atom stereocenters. The second-order valence-electron chi connectivity index (χ2n) is 5.24. The third-order valence-electron chi connectivity index (χ3n) is 3.46. The van der Waals surface area contributed by atoms with E-state index in [9.17, 15) is 4.79 Å². The summed E-state index contributed by atoms with van der Waals surface area (Å²) in [5.74, 6) is 0.578. The number of hydrogen-bond donors (Lipinski definition) is 1. The van der Waals surface area contributed by atoms with Crippen molar-refractivity contribution < 1.29 is 4.79 Å². The Balaban J connectivity index is 1.97. The fraction of sp³-hybridized carbons (Fsp3) is 0.462. The molecule has 0 unspecified atom stereocenters. The first-order chi connectivity index (χ1) is 9.86. The minimum atomic E-state index is -0.154. The second-order valence-corrected chi connectivity index (χ2v) is 8.50. The van der Waals surface area contributed by atoms with Crippen molar-refractivity contribution in [1.82, 2.24) is 10.2 Å². The maximum atomic E-state index is 12.3. The van der Waals surface area contributed by atoms with Crippen molar-refractivity contribution in [3.63, 3.8) is 0 Å². The molecule has 114 valence electrons. The molecule has 0 spiro atoms. The number of nitrogens with one attached hydrogen (secondary N) is 1. The van der Waals surface area contributed by atoms with Crippen molar-refractivity contribution >= 4 is 57.3 Å². The molecule has 21 heavy (non-hydrogen) atoms. The molecule has 0 aromatic carbocycles. The van der Waals surface area contributed by atoms with Gasteiger partial charge in [0.25, 0.3) is 0 Å². The zero-order valence-corrected chi connectivity index (χ0v) is 14.7. The van der Waals surface area contributed by atoms with Crippen LogP contribution < -0.4 is 5.32 Å². The van der Waals surface area contributed by atoms with E-state index >= 15 is 0 Å². The summed E-state index contributed by atoms with van der Waals surface area (Å²) in [4.78, 5) is 12.3. The minimum absolute atomic E-state index is 0.0463. The van der Waals surface area contributed by atoms with E-state index in [1.807, 2.05) is 13.8 Å². The summed E-state index contributed by atoms with van der Waals surface area (Å²) >= 11 is 14.3. The van der Waals surface area contributed by atoms with Gasteiger partial charge in [0.15, 0.2) is 4.34 Å². The molecule has 1 amide bonds. The summed E-state index contributed by atoms with van der Waals surface area (Å²) in [7, 11) is 0. The number of allylic oxidation sites excluding steroid dienone is 1. The first kappa shape index (κ1) is 16.8. The van der Waals surface area contributed by atoms with E-state index < -0.39 is 0 Å². The lowest BCUT2D eigenvalue weighted by atomic mass is 10.1. The van der Waals surface area contributed by atoms with Crippen LogP contribution in [0.1, 0.15) is 13.8 Å². The van der Waals surface area contributed by atoms with Gasteiger partial charge in [-0.05, 0) is 17.4 Å². The summed E-state index contributed by atoms with van der Waals surface area (Å²) in [5.41, 5.74) is -0.149. The Kier molecular flexibility index (Phi) is 5.35. The van der Waals surface area contributed by atoms with Crippen LogP contribution in [-0.2, 0) is 4.79 Å². The molecule has 2 rings (SSSR count). The Hall–Kier alpha value is -0.560. The predicted molar refractivity (Wildman–Crippen MR) is 90.0 cm³/mol. The van der Waals surface area contributed by atoms with E-state index in [0.29, 0.717) is 5.13 Å². The molecule has 1 aromatic heterocycles. The molecule has 1 N–H and O–H groups in total. The molecular weight excluding hydrogens is 349 g/mol. The monoisotopic (exact) mass is 363 g/mol. The van der Waals surface area contributed by atoms with Gasteiger partial charge in [0, 0.05) is 5.75 Å². The Morgan fingerprint density at radius 3 is 2.86 bits per heavy atom. The normalized spacial score (nSPS) is 22.5. The number of hydrogen-bond acceptors (Lipinski definition) is 5. The SMILES string of the molecule is C=CCSc1nnc(NC(=O)[C@@H]2[C@@H](C=C(Cl)Cl)C2(C)C)s1. The quantitative estimate of drug-likeness (QED) is 0.463. The number of nitrogens with zero attached hydrogens (tertiary/aromatic N) is 2. The van der Waals surface area contributed by atoms with Crippen LogP contribution in [0.5, 0.6) is 0 Å². The van der Waals surface area contributed by atoms with Gasteiger partial charge in [0.1, 0.15) is 4.49 Å². The lowest BCUT2D eigenvalue weighted by Crippen LogP contribution is -2.16. The van der Waals surface area contributed by atoms with Crippen LogP contribution in [0.15, 0.2) is 27.6 Å². The van der Waals surface area contributed by atoms with Crippen LogP contribution >= 0.6 is 46.3 Å². The molecule has 4 nitrogen and oxygen atoms in total. The van der Waals surface area contributed by atoms with E-state index in [4.69, 9.17) is 23.2 Å². The zero-order chi connectivity index (χ0) is 15.6. The average Bonchev–Trinajstić information content (AvgIpc) is 2.73. The summed E-state index contributed by atoms with van der Waals surface area (Å²) in [6.07, 6.45) is 3.52. The molecule has 8 heteroatoms. The van der Waals surface area contributed by atoms with E-state index in [-0.39, 0.29) is 27.6 Å². The van der Waals surface area contributed by atoms with Crippen LogP contribution in [0.25, 0.3) is 0 Å². The van der Waals surface area contributed by atoms with Gasteiger partial charge in [-0.25, -0.2) is 0 Å². The van der Waals surface area contributed by atoms with E-state index in [1.165, 1.54) is 23.1 Å². The van der Waals surface area contributed by atoms with Crippen molar-refractivity contribution in [2.45, 2.75) is 18.2 Å². The number of halogens is 2. The van der Waals surface area contributed by atoms with Gasteiger partial charge in [0.2, 0.25) is 11.0 Å². The minimum Gasteiger partial charge on any atom is -0.300 e. The first-order valence-corrected chi connectivity index (χ1v) is 8.83. The highest BCUT2D eigenvalue weighted by molar-refractivity contribution is 8.01. The fourth-order valence-corrected chi connectivity index (χ4v) is 4.04. The average molecular weight is 364 g/mol. The number of carbonyl (C=O) groups excluding carboxylic acids is 1. The summed E-state index contributed by atoms with van der Waals surface area (Å²) in [5, 5.41) is 11.3. The molecule has 1 saturated carbocycles. The third-order valence-corrected chi connectivity index (χ3v) is 5.68. The largest absolute Gasteiger partial charge is 0.300 e. The topological polar surface area (TPSA) is 54.9 Å². The lowest BCUT2D eigenvalue weighted by molar-refractivity contribution is -0.118. The molecule has 0 radical (unpaired) electrons. The van der Waals surface area contributed by atoms with E-state index in [1.54, 1.807) is 12.2 Å².